The lowest BCUT2D eigenvalue weighted by atomic mass is 10.1. The van der Waals surface area contributed by atoms with Gasteiger partial charge in [-0.3, -0.25) is 0 Å². The van der Waals surface area contributed by atoms with E-state index >= 15 is 0 Å². The Kier molecular flexibility index (Phi) is 2.06. The van der Waals surface area contributed by atoms with Gasteiger partial charge in [0.05, 0.1) is 10.6 Å². The second-order valence-electron chi connectivity index (χ2n) is 2.15. The van der Waals surface area contributed by atoms with Crippen LogP contribution < -0.4 is 5.73 Å². The number of hydrogen-bond donors (Lipinski definition) is 2. The topological polar surface area (TPSA) is 46.2 Å². The van der Waals surface area contributed by atoms with Crippen LogP contribution in [-0.2, 0) is 0 Å². The van der Waals surface area contributed by atoms with Gasteiger partial charge in [-0.15, -0.1) is 0 Å². The Morgan fingerprint density at radius 2 is 2.18 bits per heavy atom. The molecule has 1 aromatic rings. The largest absolute Gasteiger partial charge is 0.508 e. The molecule has 0 fully saturated rings. The number of halogens is 1. The van der Waals surface area contributed by atoms with Crippen LogP contribution in [-0.4, -0.2) is 5.11 Å². The van der Waals surface area contributed by atoms with Crippen molar-refractivity contribution in [1.29, 1.82) is 0 Å². The molecule has 3 heteroatoms. The van der Waals surface area contributed by atoms with Crippen molar-refractivity contribution in [2.45, 2.75) is 0 Å². The average Bonchev–Trinajstić information content (AvgIpc) is 1.85. The van der Waals surface area contributed by atoms with Gasteiger partial charge in [-0.05, 0) is 12.1 Å². The van der Waals surface area contributed by atoms with Gasteiger partial charge >= 0.3 is 0 Å². The SMILES string of the molecule is C=C(O)c1c(N)cccc1Cl. The van der Waals surface area contributed by atoms with Gasteiger partial charge < -0.3 is 10.8 Å². The van der Waals surface area contributed by atoms with E-state index in [1.807, 2.05) is 0 Å². The fourth-order valence-electron chi connectivity index (χ4n) is 0.845. The zero-order chi connectivity index (χ0) is 8.43. The lowest BCUT2D eigenvalue weighted by Gasteiger charge is -2.04. The average molecular weight is 170 g/mol. The van der Waals surface area contributed by atoms with Gasteiger partial charge in [-0.1, -0.05) is 24.2 Å². The van der Waals surface area contributed by atoms with Crippen molar-refractivity contribution in [1.82, 2.24) is 0 Å². The molecule has 0 atom stereocenters. The van der Waals surface area contributed by atoms with Crippen LogP contribution in [0.15, 0.2) is 24.8 Å². The zero-order valence-corrected chi connectivity index (χ0v) is 6.60. The van der Waals surface area contributed by atoms with Crippen molar-refractivity contribution in [3.8, 4) is 0 Å². The van der Waals surface area contributed by atoms with Crippen LogP contribution in [0, 0.1) is 0 Å². The van der Waals surface area contributed by atoms with E-state index in [-0.39, 0.29) is 5.76 Å². The number of benzene rings is 1. The molecule has 1 aromatic carbocycles. The van der Waals surface area contributed by atoms with Crippen LogP contribution in [0.1, 0.15) is 5.56 Å². The summed E-state index contributed by atoms with van der Waals surface area (Å²) in [5.41, 5.74) is 6.36. The van der Waals surface area contributed by atoms with E-state index in [9.17, 15) is 0 Å². The summed E-state index contributed by atoms with van der Waals surface area (Å²) in [6, 6.07) is 5.02. The summed E-state index contributed by atoms with van der Waals surface area (Å²) in [5, 5.41) is 9.44. The normalized spacial score (nSPS) is 9.55. The third kappa shape index (κ3) is 1.46. The quantitative estimate of drug-likeness (QED) is 0.501. The first-order chi connectivity index (χ1) is 5.13. The first-order valence-corrected chi connectivity index (χ1v) is 3.43. The Bertz CT molecular complexity index is 276. The molecule has 0 aliphatic carbocycles. The molecule has 0 heterocycles. The molecule has 58 valence electrons. The van der Waals surface area contributed by atoms with Gasteiger partial charge in [0.25, 0.3) is 0 Å². The van der Waals surface area contributed by atoms with Gasteiger partial charge in [-0.2, -0.15) is 0 Å². The van der Waals surface area contributed by atoms with E-state index in [0.717, 1.165) is 0 Å². The minimum absolute atomic E-state index is 0.104. The number of anilines is 1. The summed E-state index contributed by atoms with van der Waals surface area (Å²) in [7, 11) is 0. The molecule has 11 heavy (non-hydrogen) atoms. The molecular formula is C8H8ClNO. The highest BCUT2D eigenvalue weighted by molar-refractivity contribution is 6.32. The molecule has 0 saturated carbocycles. The molecule has 0 unspecified atom stereocenters. The summed E-state index contributed by atoms with van der Waals surface area (Å²) in [5.74, 6) is -0.104. The molecule has 3 N–H and O–H groups in total. The molecule has 0 aromatic heterocycles. The second kappa shape index (κ2) is 2.84. The van der Waals surface area contributed by atoms with Crippen molar-refractivity contribution < 1.29 is 5.11 Å². The van der Waals surface area contributed by atoms with Crippen molar-refractivity contribution in [2.75, 3.05) is 5.73 Å². The van der Waals surface area contributed by atoms with Crippen molar-refractivity contribution >= 4 is 23.0 Å². The third-order valence-corrected chi connectivity index (χ3v) is 1.65. The number of nitrogens with two attached hydrogens (primary N) is 1. The van der Waals surface area contributed by atoms with Gasteiger partial charge in [0.1, 0.15) is 5.76 Å². The van der Waals surface area contributed by atoms with Crippen molar-refractivity contribution in [3.05, 3.63) is 35.4 Å². The summed E-state index contributed by atoms with van der Waals surface area (Å²) >= 11 is 5.72. The Hall–Kier alpha value is -1.15. The molecule has 1 rings (SSSR count). The van der Waals surface area contributed by atoms with Gasteiger partial charge in [-0.25, -0.2) is 0 Å². The molecule has 0 saturated heterocycles. The predicted molar refractivity (Wildman–Crippen MR) is 47.5 cm³/mol. The van der Waals surface area contributed by atoms with Crippen LogP contribution in [0.5, 0.6) is 0 Å². The maximum absolute atomic E-state index is 9.03. The number of rotatable bonds is 1. The van der Waals surface area contributed by atoms with E-state index in [2.05, 4.69) is 6.58 Å². The molecular weight excluding hydrogens is 162 g/mol. The van der Waals surface area contributed by atoms with E-state index in [4.69, 9.17) is 22.4 Å². The number of aliphatic hydroxyl groups is 1. The Morgan fingerprint density at radius 1 is 1.55 bits per heavy atom. The van der Waals surface area contributed by atoms with Gasteiger partial charge in [0, 0.05) is 5.69 Å². The Morgan fingerprint density at radius 3 is 2.55 bits per heavy atom. The Balaban J connectivity index is 3.32. The minimum atomic E-state index is -0.104. The smallest absolute Gasteiger partial charge is 0.119 e. The molecule has 0 aliphatic rings. The minimum Gasteiger partial charge on any atom is -0.508 e. The van der Waals surface area contributed by atoms with Crippen LogP contribution in [0.4, 0.5) is 5.69 Å². The summed E-state index contributed by atoms with van der Waals surface area (Å²) in [4.78, 5) is 0. The highest BCUT2D eigenvalue weighted by Crippen LogP contribution is 2.26. The maximum Gasteiger partial charge on any atom is 0.119 e. The fourth-order valence-corrected chi connectivity index (χ4v) is 1.14. The van der Waals surface area contributed by atoms with Gasteiger partial charge in [0.15, 0.2) is 0 Å². The molecule has 2 nitrogen and oxygen atoms in total. The lowest BCUT2D eigenvalue weighted by molar-refractivity contribution is 0.514. The highest BCUT2D eigenvalue weighted by Gasteiger charge is 2.05. The first kappa shape index (κ1) is 7.95. The predicted octanol–water partition coefficient (Wildman–Crippen LogP) is 2.45. The molecule has 0 bridgehead atoms. The van der Waals surface area contributed by atoms with Crippen LogP contribution in [0.2, 0.25) is 5.02 Å². The van der Waals surface area contributed by atoms with E-state index in [0.29, 0.717) is 16.3 Å². The zero-order valence-electron chi connectivity index (χ0n) is 5.84. The van der Waals surface area contributed by atoms with Crippen molar-refractivity contribution in [3.63, 3.8) is 0 Å². The van der Waals surface area contributed by atoms with E-state index < -0.39 is 0 Å². The monoisotopic (exact) mass is 169 g/mol. The van der Waals surface area contributed by atoms with E-state index in [1.54, 1.807) is 18.2 Å². The van der Waals surface area contributed by atoms with Crippen LogP contribution >= 0.6 is 11.6 Å². The second-order valence-corrected chi connectivity index (χ2v) is 2.56. The lowest BCUT2D eigenvalue weighted by Crippen LogP contribution is -1.92. The van der Waals surface area contributed by atoms with Gasteiger partial charge in [0.2, 0.25) is 0 Å². The molecule has 0 amide bonds. The number of hydrogen-bond acceptors (Lipinski definition) is 2. The molecule has 0 spiro atoms. The first-order valence-electron chi connectivity index (χ1n) is 3.05. The van der Waals surface area contributed by atoms with Crippen LogP contribution in [0.3, 0.4) is 0 Å². The number of nitrogen functional groups attached to an aromatic ring is 1. The summed E-state index contributed by atoms with van der Waals surface area (Å²) in [6.45, 7) is 3.34. The Labute approximate surface area is 69.9 Å². The third-order valence-electron chi connectivity index (χ3n) is 1.33. The molecule has 0 aliphatic heterocycles. The van der Waals surface area contributed by atoms with E-state index in [1.165, 1.54) is 0 Å². The summed E-state index contributed by atoms with van der Waals surface area (Å²) < 4.78 is 0. The van der Waals surface area contributed by atoms with Crippen molar-refractivity contribution in [2.24, 2.45) is 0 Å². The van der Waals surface area contributed by atoms with Crippen LogP contribution in [0.25, 0.3) is 5.76 Å². The molecule has 0 radical (unpaired) electrons. The fraction of sp³-hybridized carbons (Fsp3) is 0. The summed E-state index contributed by atoms with van der Waals surface area (Å²) in [6.07, 6.45) is 0. The maximum atomic E-state index is 9.03. The highest BCUT2D eigenvalue weighted by atomic mass is 35.5. The standard InChI is InChI=1S/C8H8ClNO/c1-5(11)8-6(9)3-2-4-7(8)10/h2-4,11H,1,10H2. The number of aliphatic hydroxyl groups excluding tert-OH is 1.